The Kier molecular flexibility index (Phi) is 3.13. The van der Waals surface area contributed by atoms with Gasteiger partial charge in [-0.2, -0.15) is 0 Å². The van der Waals surface area contributed by atoms with Crippen molar-refractivity contribution in [3.8, 4) is 0 Å². The molecule has 0 aliphatic heterocycles. The van der Waals surface area contributed by atoms with Gasteiger partial charge in [0.2, 0.25) is 0 Å². The molecule has 2 N–H and O–H groups in total. The number of H-pyrrole nitrogens is 1. The second-order valence-electron chi connectivity index (χ2n) is 3.48. The first kappa shape index (κ1) is 10.3. The molecule has 2 heterocycles. The molecule has 15 heavy (non-hydrogen) atoms. The minimum absolute atomic E-state index is 0.805. The summed E-state index contributed by atoms with van der Waals surface area (Å²) in [5.41, 5.74) is 2.20. The molecule has 0 fully saturated rings. The maximum Gasteiger partial charge on any atom is 0.107 e. The van der Waals surface area contributed by atoms with Crippen molar-refractivity contribution in [1.82, 2.24) is 20.3 Å². The topological polar surface area (TPSA) is 53.6 Å². The summed E-state index contributed by atoms with van der Waals surface area (Å²) in [7, 11) is 0. The summed E-state index contributed by atoms with van der Waals surface area (Å²) >= 11 is 1.69. The Bertz CT molecular complexity index is 392. The minimum Gasteiger partial charge on any atom is -0.345 e. The first-order chi connectivity index (χ1) is 7.24. The van der Waals surface area contributed by atoms with Crippen LogP contribution in [0.15, 0.2) is 11.6 Å². The molecule has 0 atom stereocenters. The van der Waals surface area contributed by atoms with Crippen LogP contribution in [0.3, 0.4) is 0 Å². The molecule has 0 unspecified atom stereocenters. The summed E-state index contributed by atoms with van der Waals surface area (Å²) in [5.74, 6) is 0.955. The van der Waals surface area contributed by atoms with Gasteiger partial charge in [0.05, 0.1) is 0 Å². The Morgan fingerprint density at radius 3 is 2.87 bits per heavy atom. The Hall–Kier alpha value is -1.20. The van der Waals surface area contributed by atoms with Gasteiger partial charge in [0.1, 0.15) is 10.8 Å². The van der Waals surface area contributed by atoms with Gasteiger partial charge >= 0.3 is 0 Å². The highest BCUT2D eigenvalue weighted by atomic mass is 32.1. The highest BCUT2D eigenvalue weighted by molar-refractivity contribution is 7.09. The Morgan fingerprint density at radius 2 is 2.27 bits per heavy atom. The lowest BCUT2D eigenvalue weighted by atomic mass is 10.4. The van der Waals surface area contributed by atoms with Gasteiger partial charge in [-0.25, -0.2) is 9.97 Å². The van der Waals surface area contributed by atoms with E-state index in [1.54, 1.807) is 11.3 Å². The smallest absolute Gasteiger partial charge is 0.107 e. The molecule has 0 aliphatic rings. The lowest BCUT2D eigenvalue weighted by Crippen LogP contribution is -2.12. The number of thiazole rings is 1. The van der Waals surface area contributed by atoms with Gasteiger partial charge in [-0.1, -0.05) is 0 Å². The zero-order valence-corrected chi connectivity index (χ0v) is 9.69. The molecule has 0 saturated carbocycles. The van der Waals surface area contributed by atoms with Crippen LogP contribution in [-0.4, -0.2) is 15.0 Å². The third kappa shape index (κ3) is 2.87. The molecule has 0 saturated heterocycles. The fraction of sp³-hybridized carbons (Fsp3) is 0.400. The van der Waals surface area contributed by atoms with E-state index in [1.807, 2.05) is 20.0 Å². The van der Waals surface area contributed by atoms with Crippen molar-refractivity contribution in [2.24, 2.45) is 0 Å². The van der Waals surface area contributed by atoms with E-state index in [2.05, 4.69) is 25.6 Å². The minimum atomic E-state index is 0.805. The molecular formula is C10H14N4S. The van der Waals surface area contributed by atoms with E-state index in [1.165, 1.54) is 0 Å². The third-order valence-electron chi connectivity index (χ3n) is 2.01. The third-order valence-corrected chi connectivity index (χ3v) is 2.98. The average molecular weight is 222 g/mol. The fourth-order valence-electron chi connectivity index (χ4n) is 1.35. The highest BCUT2D eigenvalue weighted by Gasteiger charge is 1.99. The van der Waals surface area contributed by atoms with Crippen LogP contribution in [0.2, 0.25) is 0 Å². The van der Waals surface area contributed by atoms with Crippen molar-refractivity contribution in [3.63, 3.8) is 0 Å². The molecule has 0 radical (unpaired) electrons. The first-order valence-electron chi connectivity index (χ1n) is 4.86. The summed E-state index contributed by atoms with van der Waals surface area (Å²) in [5, 5.41) is 6.52. The van der Waals surface area contributed by atoms with E-state index in [0.29, 0.717) is 0 Å². The van der Waals surface area contributed by atoms with E-state index < -0.39 is 0 Å². The quantitative estimate of drug-likeness (QED) is 0.829. The van der Waals surface area contributed by atoms with E-state index in [4.69, 9.17) is 0 Å². The van der Waals surface area contributed by atoms with Crippen LogP contribution in [0, 0.1) is 13.8 Å². The number of nitrogens with zero attached hydrogens (tertiary/aromatic N) is 2. The summed E-state index contributed by atoms with van der Waals surface area (Å²) in [6, 6.07) is 0. The Balaban J connectivity index is 1.80. The zero-order chi connectivity index (χ0) is 10.7. The number of nitrogens with one attached hydrogen (secondary N) is 2. The maximum atomic E-state index is 4.38. The molecule has 2 aromatic rings. The summed E-state index contributed by atoms with van der Waals surface area (Å²) in [4.78, 5) is 11.7. The molecule has 0 bridgehead atoms. The van der Waals surface area contributed by atoms with Gasteiger partial charge in [0.25, 0.3) is 0 Å². The van der Waals surface area contributed by atoms with Crippen LogP contribution >= 0.6 is 11.3 Å². The predicted molar refractivity (Wildman–Crippen MR) is 60.7 cm³/mol. The Labute approximate surface area is 92.8 Å². The van der Waals surface area contributed by atoms with E-state index in [9.17, 15) is 0 Å². The molecule has 2 aromatic heterocycles. The van der Waals surface area contributed by atoms with Crippen LogP contribution in [0.25, 0.3) is 0 Å². The molecule has 0 amide bonds. The van der Waals surface area contributed by atoms with Crippen molar-refractivity contribution in [2.75, 3.05) is 0 Å². The summed E-state index contributed by atoms with van der Waals surface area (Å²) in [6.07, 6.45) is 1.86. The molecular weight excluding hydrogens is 208 g/mol. The summed E-state index contributed by atoms with van der Waals surface area (Å²) in [6.45, 7) is 5.59. The predicted octanol–water partition coefficient (Wildman–Crippen LogP) is 1.77. The lowest BCUT2D eigenvalue weighted by Gasteiger charge is -1.99. The van der Waals surface area contributed by atoms with Crippen LogP contribution in [0.5, 0.6) is 0 Å². The van der Waals surface area contributed by atoms with Gasteiger partial charge in [-0.15, -0.1) is 11.3 Å². The molecule has 0 aliphatic carbocycles. The number of imidazole rings is 1. The van der Waals surface area contributed by atoms with Gasteiger partial charge < -0.3 is 10.3 Å². The van der Waals surface area contributed by atoms with Gasteiger partial charge in [0, 0.05) is 36.1 Å². The van der Waals surface area contributed by atoms with Gasteiger partial charge in [0.15, 0.2) is 0 Å². The molecule has 4 nitrogen and oxygen atoms in total. The van der Waals surface area contributed by atoms with Crippen LogP contribution in [0.1, 0.15) is 22.2 Å². The van der Waals surface area contributed by atoms with Crippen LogP contribution < -0.4 is 5.32 Å². The Morgan fingerprint density at radius 1 is 1.40 bits per heavy atom. The standard InChI is InChI=1S/C10H14N4S/c1-7-6-15-10(13-7)5-11-3-9-4-12-8(2)14-9/h4,6,11H,3,5H2,1-2H3,(H,12,14). The van der Waals surface area contributed by atoms with Crippen LogP contribution in [0.4, 0.5) is 0 Å². The zero-order valence-electron chi connectivity index (χ0n) is 8.87. The van der Waals surface area contributed by atoms with Gasteiger partial charge in [-0.05, 0) is 13.8 Å². The lowest BCUT2D eigenvalue weighted by molar-refractivity contribution is 0.677. The van der Waals surface area contributed by atoms with Crippen molar-refractivity contribution in [2.45, 2.75) is 26.9 Å². The molecule has 80 valence electrons. The molecule has 5 heteroatoms. The van der Waals surface area contributed by atoms with Gasteiger partial charge in [-0.3, -0.25) is 0 Å². The number of hydrogen-bond donors (Lipinski definition) is 2. The van der Waals surface area contributed by atoms with E-state index in [0.717, 1.165) is 35.3 Å². The first-order valence-corrected chi connectivity index (χ1v) is 5.74. The highest BCUT2D eigenvalue weighted by Crippen LogP contribution is 2.08. The number of aromatic amines is 1. The second-order valence-corrected chi connectivity index (χ2v) is 4.42. The number of rotatable bonds is 4. The number of aryl methyl sites for hydroxylation is 2. The van der Waals surface area contributed by atoms with Crippen LogP contribution in [-0.2, 0) is 13.1 Å². The maximum absolute atomic E-state index is 4.38. The molecule has 2 rings (SSSR count). The van der Waals surface area contributed by atoms with Crippen molar-refractivity contribution < 1.29 is 0 Å². The summed E-state index contributed by atoms with van der Waals surface area (Å²) < 4.78 is 0. The molecule has 0 aromatic carbocycles. The van der Waals surface area contributed by atoms with E-state index >= 15 is 0 Å². The average Bonchev–Trinajstić information content (AvgIpc) is 2.76. The van der Waals surface area contributed by atoms with Crippen molar-refractivity contribution >= 4 is 11.3 Å². The van der Waals surface area contributed by atoms with Crippen molar-refractivity contribution in [3.05, 3.63) is 33.8 Å². The second kappa shape index (κ2) is 4.55. The fourth-order valence-corrected chi connectivity index (χ4v) is 2.09. The molecule has 0 spiro atoms. The number of aromatic nitrogens is 3. The van der Waals surface area contributed by atoms with E-state index in [-0.39, 0.29) is 0 Å². The number of hydrogen-bond acceptors (Lipinski definition) is 4. The van der Waals surface area contributed by atoms with Crippen molar-refractivity contribution in [1.29, 1.82) is 0 Å². The largest absolute Gasteiger partial charge is 0.345 e. The monoisotopic (exact) mass is 222 g/mol. The SMILES string of the molecule is Cc1csc(CNCc2cnc(C)[nH]2)n1. The normalized spacial score (nSPS) is 10.8.